The predicted octanol–water partition coefficient (Wildman–Crippen LogP) is 1.30. The van der Waals surface area contributed by atoms with E-state index in [-0.39, 0.29) is 11.8 Å². The number of carbonyl (C=O) groups is 2. The fourth-order valence-electron chi connectivity index (χ4n) is 1.79. The highest BCUT2D eigenvalue weighted by Crippen LogP contribution is 2.21. The highest BCUT2D eigenvalue weighted by Gasteiger charge is 2.14. The number of anilines is 2. The zero-order valence-electron chi connectivity index (χ0n) is 13.1. The van der Waals surface area contributed by atoms with Crippen LogP contribution in [0.4, 0.5) is 11.4 Å². The van der Waals surface area contributed by atoms with Crippen molar-refractivity contribution in [2.75, 3.05) is 31.7 Å². The number of hydrogen-bond acceptors (Lipinski definition) is 4. The van der Waals surface area contributed by atoms with Crippen LogP contribution in [0.3, 0.4) is 0 Å². The maximum atomic E-state index is 11.8. The molecule has 0 saturated carbocycles. The molecule has 1 rings (SSSR count). The molecule has 0 heterocycles. The van der Waals surface area contributed by atoms with E-state index in [1.165, 1.54) is 4.90 Å². The average molecular weight is 292 g/mol. The number of nitrogens with zero attached hydrogens (tertiary/aromatic N) is 1. The average Bonchev–Trinajstić information content (AvgIpc) is 2.45. The van der Waals surface area contributed by atoms with E-state index in [9.17, 15) is 9.59 Å². The van der Waals surface area contributed by atoms with E-state index in [4.69, 9.17) is 5.73 Å². The normalized spacial score (nSPS) is 11.6. The molecule has 0 aliphatic carbocycles. The van der Waals surface area contributed by atoms with E-state index < -0.39 is 6.04 Å². The first-order chi connectivity index (χ1) is 9.86. The number of rotatable bonds is 6. The molecule has 1 atom stereocenters. The number of carbonyl (C=O) groups excluding carboxylic acids is 2. The van der Waals surface area contributed by atoms with Crippen molar-refractivity contribution < 1.29 is 9.59 Å². The number of nitrogen functional groups attached to an aromatic ring is 1. The van der Waals surface area contributed by atoms with Crippen molar-refractivity contribution in [2.45, 2.75) is 26.3 Å². The van der Waals surface area contributed by atoms with Gasteiger partial charge in [0.25, 0.3) is 5.91 Å². The summed E-state index contributed by atoms with van der Waals surface area (Å²) in [6.45, 7) is 4.41. The van der Waals surface area contributed by atoms with E-state index in [0.29, 0.717) is 23.5 Å². The predicted molar refractivity (Wildman–Crippen MR) is 85.3 cm³/mol. The molecule has 0 spiro atoms. The first-order valence-electron chi connectivity index (χ1n) is 7.02. The summed E-state index contributed by atoms with van der Waals surface area (Å²) in [6, 6.07) is 4.63. The van der Waals surface area contributed by atoms with Crippen LogP contribution in [0.15, 0.2) is 18.2 Å². The Bertz CT molecular complexity index is 514. The summed E-state index contributed by atoms with van der Waals surface area (Å²) in [5.41, 5.74) is 7.55. The molecule has 0 fully saturated rings. The molecule has 1 aromatic carbocycles. The minimum Gasteiger partial charge on any atom is -0.397 e. The smallest absolute Gasteiger partial charge is 0.253 e. The Morgan fingerprint density at radius 2 is 2.00 bits per heavy atom. The van der Waals surface area contributed by atoms with Crippen molar-refractivity contribution in [2.24, 2.45) is 0 Å². The molecule has 0 saturated heterocycles. The van der Waals surface area contributed by atoms with Crippen molar-refractivity contribution in [3.05, 3.63) is 23.8 Å². The highest BCUT2D eigenvalue weighted by atomic mass is 16.2. The van der Waals surface area contributed by atoms with Crippen LogP contribution in [0.2, 0.25) is 0 Å². The Balaban J connectivity index is 2.77. The minimum atomic E-state index is -0.394. The zero-order valence-corrected chi connectivity index (χ0v) is 13.1. The highest BCUT2D eigenvalue weighted by molar-refractivity contribution is 5.96. The molecule has 0 aliphatic rings. The van der Waals surface area contributed by atoms with Gasteiger partial charge in [-0.25, -0.2) is 0 Å². The lowest BCUT2D eigenvalue weighted by molar-refractivity contribution is -0.121. The van der Waals surface area contributed by atoms with E-state index in [1.807, 2.05) is 6.92 Å². The number of hydrogen-bond donors (Lipinski definition) is 3. The molecular formula is C15H24N4O2. The van der Waals surface area contributed by atoms with E-state index in [1.54, 1.807) is 39.2 Å². The van der Waals surface area contributed by atoms with Crippen LogP contribution in [-0.2, 0) is 4.79 Å². The van der Waals surface area contributed by atoms with Crippen LogP contribution < -0.4 is 16.4 Å². The summed E-state index contributed by atoms with van der Waals surface area (Å²) in [5, 5.41) is 5.87. The quantitative estimate of drug-likeness (QED) is 0.690. The van der Waals surface area contributed by atoms with E-state index in [0.717, 1.165) is 6.42 Å². The minimum absolute atomic E-state index is 0.0790. The monoisotopic (exact) mass is 292 g/mol. The van der Waals surface area contributed by atoms with Crippen LogP contribution in [-0.4, -0.2) is 43.4 Å². The lowest BCUT2D eigenvalue weighted by atomic mass is 10.1. The van der Waals surface area contributed by atoms with Gasteiger partial charge in [0, 0.05) is 26.2 Å². The second kappa shape index (κ2) is 7.52. The third-order valence-electron chi connectivity index (χ3n) is 3.02. The van der Waals surface area contributed by atoms with Crippen molar-refractivity contribution in [3.63, 3.8) is 0 Å². The van der Waals surface area contributed by atoms with Gasteiger partial charge >= 0.3 is 0 Å². The molecule has 6 nitrogen and oxygen atoms in total. The van der Waals surface area contributed by atoms with E-state index >= 15 is 0 Å². The van der Waals surface area contributed by atoms with Gasteiger partial charge in [-0.1, -0.05) is 6.92 Å². The molecule has 6 heteroatoms. The van der Waals surface area contributed by atoms with Crippen LogP contribution in [0, 0.1) is 0 Å². The van der Waals surface area contributed by atoms with Gasteiger partial charge in [0.1, 0.15) is 6.04 Å². The summed E-state index contributed by atoms with van der Waals surface area (Å²) >= 11 is 0. The van der Waals surface area contributed by atoms with E-state index in [2.05, 4.69) is 10.6 Å². The molecule has 4 N–H and O–H groups in total. The standard InChI is InChI=1S/C15H24N4O2/c1-5-8-17-14(20)10(2)18-13-7-6-11(9-12(13)16)15(21)19(3)4/h6-7,9-10,18H,5,8,16H2,1-4H3,(H,17,20). The molecule has 0 bridgehead atoms. The molecule has 1 aromatic rings. The lowest BCUT2D eigenvalue weighted by Gasteiger charge is -2.17. The lowest BCUT2D eigenvalue weighted by Crippen LogP contribution is -2.38. The van der Waals surface area contributed by atoms with Crippen LogP contribution in [0.25, 0.3) is 0 Å². The number of amides is 2. The molecular weight excluding hydrogens is 268 g/mol. The van der Waals surface area contributed by atoms with Crippen molar-refractivity contribution in [3.8, 4) is 0 Å². The Labute approximate surface area is 125 Å². The maximum Gasteiger partial charge on any atom is 0.253 e. The molecule has 2 amide bonds. The van der Waals surface area contributed by atoms with Crippen molar-refractivity contribution in [1.82, 2.24) is 10.2 Å². The molecule has 0 radical (unpaired) electrons. The van der Waals surface area contributed by atoms with Gasteiger partial charge in [-0.2, -0.15) is 0 Å². The second-order valence-corrected chi connectivity index (χ2v) is 5.16. The summed E-state index contributed by atoms with van der Waals surface area (Å²) in [6.07, 6.45) is 0.891. The van der Waals surface area contributed by atoms with Gasteiger partial charge in [0.2, 0.25) is 5.91 Å². The Hall–Kier alpha value is -2.24. The Morgan fingerprint density at radius 3 is 2.52 bits per heavy atom. The SMILES string of the molecule is CCCNC(=O)C(C)Nc1ccc(C(=O)N(C)C)cc1N. The summed E-state index contributed by atoms with van der Waals surface area (Å²) in [7, 11) is 3.37. The second-order valence-electron chi connectivity index (χ2n) is 5.16. The summed E-state index contributed by atoms with van der Waals surface area (Å²) in [5.74, 6) is -0.188. The molecule has 0 aliphatic heterocycles. The molecule has 0 aromatic heterocycles. The molecule has 116 valence electrons. The summed E-state index contributed by atoms with van der Waals surface area (Å²) < 4.78 is 0. The largest absolute Gasteiger partial charge is 0.397 e. The van der Waals surface area contributed by atoms with Crippen molar-refractivity contribution in [1.29, 1.82) is 0 Å². The van der Waals surface area contributed by atoms with Crippen molar-refractivity contribution >= 4 is 23.2 Å². The number of nitrogens with one attached hydrogen (secondary N) is 2. The third-order valence-corrected chi connectivity index (χ3v) is 3.02. The fourth-order valence-corrected chi connectivity index (χ4v) is 1.79. The first kappa shape index (κ1) is 16.8. The fraction of sp³-hybridized carbons (Fsp3) is 0.467. The maximum absolute atomic E-state index is 11.8. The zero-order chi connectivity index (χ0) is 16.0. The number of nitrogens with two attached hydrogens (primary N) is 1. The third kappa shape index (κ3) is 4.66. The van der Waals surface area contributed by atoms with Gasteiger partial charge in [0.05, 0.1) is 11.4 Å². The van der Waals surface area contributed by atoms with Crippen LogP contribution in [0.1, 0.15) is 30.6 Å². The molecule has 1 unspecified atom stereocenters. The Morgan fingerprint density at radius 1 is 1.33 bits per heavy atom. The first-order valence-corrected chi connectivity index (χ1v) is 7.02. The van der Waals surface area contributed by atoms with Crippen LogP contribution >= 0.6 is 0 Å². The van der Waals surface area contributed by atoms with Gasteiger partial charge < -0.3 is 21.3 Å². The molecule has 21 heavy (non-hydrogen) atoms. The van der Waals surface area contributed by atoms with Gasteiger partial charge in [-0.15, -0.1) is 0 Å². The summed E-state index contributed by atoms with van der Waals surface area (Å²) in [4.78, 5) is 25.1. The van der Waals surface area contributed by atoms with Gasteiger partial charge in [-0.3, -0.25) is 9.59 Å². The van der Waals surface area contributed by atoms with Gasteiger partial charge in [-0.05, 0) is 31.5 Å². The Kier molecular flexibility index (Phi) is 6.02. The number of benzene rings is 1. The van der Waals surface area contributed by atoms with Gasteiger partial charge in [0.15, 0.2) is 0 Å². The topological polar surface area (TPSA) is 87.5 Å². The van der Waals surface area contributed by atoms with Crippen LogP contribution in [0.5, 0.6) is 0 Å².